The van der Waals surface area contributed by atoms with Gasteiger partial charge < -0.3 is 10.6 Å². The van der Waals surface area contributed by atoms with Crippen LogP contribution in [0.4, 0.5) is 0 Å². The van der Waals surface area contributed by atoms with Gasteiger partial charge in [0.05, 0.1) is 5.02 Å². The van der Waals surface area contributed by atoms with Gasteiger partial charge in [-0.3, -0.25) is 4.79 Å². The Morgan fingerprint density at radius 1 is 1.44 bits per heavy atom. The molecule has 5 heteroatoms. The van der Waals surface area contributed by atoms with Crippen molar-refractivity contribution in [1.82, 2.24) is 9.88 Å². The fourth-order valence-corrected chi connectivity index (χ4v) is 1.88. The number of nitrogens with zero attached hydrogens (tertiary/aromatic N) is 2. The van der Waals surface area contributed by atoms with E-state index in [9.17, 15) is 4.79 Å². The van der Waals surface area contributed by atoms with Crippen LogP contribution in [0.3, 0.4) is 0 Å². The molecule has 0 atom stereocenters. The van der Waals surface area contributed by atoms with Crippen LogP contribution in [0.5, 0.6) is 0 Å². The molecule has 1 saturated heterocycles. The van der Waals surface area contributed by atoms with Crippen molar-refractivity contribution >= 4 is 17.5 Å². The number of piperidine rings is 1. The van der Waals surface area contributed by atoms with Gasteiger partial charge in [-0.15, -0.1) is 0 Å². The number of nitrogens with two attached hydrogens (primary N) is 1. The maximum atomic E-state index is 12.0. The number of carbonyl (C=O) groups excluding carboxylic acids is 1. The molecule has 1 aromatic heterocycles. The van der Waals surface area contributed by atoms with Crippen LogP contribution in [0.2, 0.25) is 5.02 Å². The molecule has 2 rings (SSSR count). The molecule has 1 aliphatic rings. The molecule has 1 amide bonds. The number of carbonyl (C=O) groups is 1. The van der Waals surface area contributed by atoms with Gasteiger partial charge in [0.15, 0.2) is 0 Å². The van der Waals surface area contributed by atoms with E-state index < -0.39 is 0 Å². The Balaban J connectivity index is 2.05. The molecule has 4 nitrogen and oxygen atoms in total. The smallest absolute Gasteiger partial charge is 0.272 e. The molecule has 1 fully saturated rings. The highest BCUT2D eigenvalue weighted by atomic mass is 35.5. The summed E-state index contributed by atoms with van der Waals surface area (Å²) < 4.78 is 0. The number of halogens is 1. The summed E-state index contributed by atoms with van der Waals surface area (Å²) in [5, 5.41) is 0.539. The monoisotopic (exact) mass is 239 g/mol. The SMILES string of the molecule is NC1CCN(C(=O)c2ccc(Cl)cn2)CC1. The molecular weight excluding hydrogens is 226 g/mol. The third-order valence-electron chi connectivity index (χ3n) is 2.77. The summed E-state index contributed by atoms with van der Waals surface area (Å²) in [5.74, 6) is -0.0384. The number of likely N-dealkylation sites (tertiary alicyclic amines) is 1. The second-order valence-corrected chi connectivity index (χ2v) is 4.43. The van der Waals surface area contributed by atoms with Crippen LogP contribution >= 0.6 is 11.6 Å². The van der Waals surface area contributed by atoms with Gasteiger partial charge in [0.1, 0.15) is 5.69 Å². The van der Waals surface area contributed by atoms with Gasteiger partial charge >= 0.3 is 0 Å². The molecule has 0 spiro atoms. The van der Waals surface area contributed by atoms with E-state index in [2.05, 4.69) is 4.98 Å². The number of pyridine rings is 1. The van der Waals surface area contributed by atoms with E-state index in [1.807, 2.05) is 0 Å². The lowest BCUT2D eigenvalue weighted by molar-refractivity contribution is 0.0709. The Hall–Kier alpha value is -1.13. The molecule has 0 radical (unpaired) electrons. The summed E-state index contributed by atoms with van der Waals surface area (Å²) in [6.07, 6.45) is 3.21. The lowest BCUT2D eigenvalue weighted by Crippen LogP contribution is -2.43. The number of rotatable bonds is 1. The van der Waals surface area contributed by atoms with E-state index in [0.717, 1.165) is 12.8 Å². The Kier molecular flexibility index (Phi) is 3.41. The number of aromatic nitrogens is 1. The highest BCUT2D eigenvalue weighted by molar-refractivity contribution is 6.30. The van der Waals surface area contributed by atoms with Gasteiger partial charge in [0.2, 0.25) is 0 Å². The zero-order valence-corrected chi connectivity index (χ0v) is 9.65. The van der Waals surface area contributed by atoms with Crippen molar-refractivity contribution < 1.29 is 4.79 Å². The fourth-order valence-electron chi connectivity index (χ4n) is 1.77. The van der Waals surface area contributed by atoms with Crippen molar-refractivity contribution in [1.29, 1.82) is 0 Å². The largest absolute Gasteiger partial charge is 0.337 e. The van der Waals surface area contributed by atoms with Crippen LogP contribution in [0, 0.1) is 0 Å². The first-order valence-electron chi connectivity index (χ1n) is 5.33. The molecule has 0 aromatic carbocycles. The average Bonchev–Trinajstić information content (AvgIpc) is 2.30. The van der Waals surface area contributed by atoms with Gasteiger partial charge in [0.25, 0.3) is 5.91 Å². The van der Waals surface area contributed by atoms with Crippen molar-refractivity contribution in [2.24, 2.45) is 5.73 Å². The molecule has 0 bridgehead atoms. The summed E-state index contributed by atoms with van der Waals surface area (Å²) in [4.78, 5) is 17.8. The van der Waals surface area contributed by atoms with Crippen LogP contribution in [0.15, 0.2) is 18.3 Å². The summed E-state index contributed by atoms with van der Waals surface area (Å²) in [6, 6.07) is 3.55. The minimum atomic E-state index is -0.0384. The highest BCUT2D eigenvalue weighted by Gasteiger charge is 2.22. The van der Waals surface area contributed by atoms with Crippen LogP contribution in [-0.4, -0.2) is 34.9 Å². The first kappa shape index (κ1) is 11.4. The van der Waals surface area contributed by atoms with E-state index in [4.69, 9.17) is 17.3 Å². The minimum absolute atomic E-state index is 0.0384. The molecule has 1 aliphatic heterocycles. The third kappa shape index (κ3) is 2.51. The molecular formula is C11H14ClN3O. The Morgan fingerprint density at radius 3 is 2.69 bits per heavy atom. The summed E-state index contributed by atoms with van der Waals surface area (Å²) in [5.41, 5.74) is 6.23. The van der Waals surface area contributed by atoms with E-state index >= 15 is 0 Å². The van der Waals surface area contributed by atoms with Crippen molar-refractivity contribution in [3.8, 4) is 0 Å². The van der Waals surface area contributed by atoms with Crippen LogP contribution in [0.25, 0.3) is 0 Å². The zero-order valence-electron chi connectivity index (χ0n) is 8.90. The maximum Gasteiger partial charge on any atom is 0.272 e. The standard InChI is InChI=1S/C11H14ClN3O/c12-8-1-2-10(14-7-8)11(16)15-5-3-9(13)4-6-15/h1-2,7,9H,3-6,13H2. The van der Waals surface area contributed by atoms with Gasteiger partial charge in [-0.25, -0.2) is 4.98 Å². The van der Waals surface area contributed by atoms with Crippen molar-refractivity contribution in [3.05, 3.63) is 29.0 Å². The maximum absolute atomic E-state index is 12.0. The van der Waals surface area contributed by atoms with E-state index in [0.29, 0.717) is 23.8 Å². The fraction of sp³-hybridized carbons (Fsp3) is 0.455. The van der Waals surface area contributed by atoms with Crippen molar-refractivity contribution in [3.63, 3.8) is 0 Å². The van der Waals surface area contributed by atoms with E-state index in [1.54, 1.807) is 17.0 Å². The van der Waals surface area contributed by atoms with Gasteiger partial charge in [0, 0.05) is 25.3 Å². The molecule has 16 heavy (non-hydrogen) atoms. The third-order valence-corrected chi connectivity index (χ3v) is 3.00. The molecule has 0 aliphatic carbocycles. The normalized spacial score (nSPS) is 17.5. The van der Waals surface area contributed by atoms with E-state index in [1.165, 1.54) is 6.20 Å². The summed E-state index contributed by atoms with van der Waals surface area (Å²) >= 11 is 5.72. The Bertz CT molecular complexity index is 371. The Morgan fingerprint density at radius 2 is 2.12 bits per heavy atom. The quantitative estimate of drug-likeness (QED) is 0.804. The molecule has 2 heterocycles. The first-order chi connectivity index (χ1) is 7.66. The van der Waals surface area contributed by atoms with Crippen LogP contribution in [0.1, 0.15) is 23.3 Å². The molecule has 86 valence electrons. The van der Waals surface area contributed by atoms with Gasteiger partial charge in [-0.2, -0.15) is 0 Å². The topological polar surface area (TPSA) is 59.2 Å². The van der Waals surface area contributed by atoms with Gasteiger partial charge in [-0.05, 0) is 25.0 Å². The number of hydrogen-bond donors (Lipinski definition) is 1. The number of amides is 1. The number of hydrogen-bond acceptors (Lipinski definition) is 3. The average molecular weight is 240 g/mol. The van der Waals surface area contributed by atoms with Crippen molar-refractivity contribution in [2.45, 2.75) is 18.9 Å². The van der Waals surface area contributed by atoms with E-state index in [-0.39, 0.29) is 11.9 Å². The molecule has 0 saturated carbocycles. The zero-order chi connectivity index (χ0) is 11.5. The minimum Gasteiger partial charge on any atom is -0.337 e. The summed E-state index contributed by atoms with van der Waals surface area (Å²) in [6.45, 7) is 1.43. The molecule has 1 aromatic rings. The molecule has 0 unspecified atom stereocenters. The summed E-state index contributed by atoms with van der Waals surface area (Å²) in [7, 11) is 0. The first-order valence-corrected chi connectivity index (χ1v) is 5.71. The van der Waals surface area contributed by atoms with Crippen LogP contribution < -0.4 is 5.73 Å². The molecule has 2 N–H and O–H groups in total. The highest BCUT2D eigenvalue weighted by Crippen LogP contribution is 2.13. The second-order valence-electron chi connectivity index (χ2n) is 3.99. The van der Waals surface area contributed by atoms with Crippen molar-refractivity contribution in [2.75, 3.05) is 13.1 Å². The lowest BCUT2D eigenvalue weighted by Gasteiger charge is -2.29. The lowest BCUT2D eigenvalue weighted by atomic mass is 10.1. The predicted octanol–water partition coefficient (Wildman–Crippen LogP) is 1.30. The predicted molar refractivity (Wildman–Crippen MR) is 62.4 cm³/mol. The Labute approximate surface area is 99.4 Å². The van der Waals surface area contributed by atoms with Gasteiger partial charge in [-0.1, -0.05) is 11.6 Å². The second kappa shape index (κ2) is 4.80. The van der Waals surface area contributed by atoms with Crippen LogP contribution in [-0.2, 0) is 0 Å².